The van der Waals surface area contributed by atoms with Crippen molar-refractivity contribution in [2.75, 3.05) is 6.54 Å². The molecule has 1 aromatic heterocycles. The third-order valence-electron chi connectivity index (χ3n) is 3.02. The molecule has 0 spiro atoms. The van der Waals surface area contributed by atoms with Gasteiger partial charge in [0.2, 0.25) is 0 Å². The molecule has 1 heterocycles. The van der Waals surface area contributed by atoms with Gasteiger partial charge in [-0.2, -0.15) is 0 Å². The van der Waals surface area contributed by atoms with Crippen LogP contribution in [0.1, 0.15) is 26.3 Å². The molecular formula is C15H19F2NO. The maximum atomic E-state index is 13.8. The van der Waals surface area contributed by atoms with E-state index < -0.39 is 5.67 Å². The van der Waals surface area contributed by atoms with Crippen LogP contribution in [0.25, 0.3) is 11.0 Å². The molecular weight excluding hydrogens is 248 g/mol. The number of rotatable bonds is 5. The van der Waals surface area contributed by atoms with E-state index in [1.54, 1.807) is 18.4 Å². The molecule has 0 aliphatic heterocycles. The molecule has 19 heavy (non-hydrogen) atoms. The van der Waals surface area contributed by atoms with Crippen molar-refractivity contribution in [2.45, 2.75) is 38.9 Å². The van der Waals surface area contributed by atoms with Crippen LogP contribution in [0.2, 0.25) is 0 Å². The Morgan fingerprint density at radius 3 is 2.79 bits per heavy atom. The highest BCUT2D eigenvalue weighted by Gasteiger charge is 2.18. The second-order valence-electron chi connectivity index (χ2n) is 5.58. The van der Waals surface area contributed by atoms with E-state index in [2.05, 4.69) is 5.32 Å². The fourth-order valence-electron chi connectivity index (χ4n) is 2.08. The average molecular weight is 267 g/mol. The van der Waals surface area contributed by atoms with Crippen molar-refractivity contribution in [3.63, 3.8) is 0 Å². The summed E-state index contributed by atoms with van der Waals surface area (Å²) in [5.41, 5.74) is 0.107. The summed E-state index contributed by atoms with van der Waals surface area (Å²) in [5.74, 6) is -0.278. The molecule has 2 rings (SSSR count). The minimum Gasteiger partial charge on any atom is -0.464 e. The van der Waals surface area contributed by atoms with Gasteiger partial charge in [0.15, 0.2) is 0 Å². The maximum Gasteiger partial charge on any atom is 0.137 e. The molecule has 1 aromatic carbocycles. The second-order valence-corrected chi connectivity index (χ2v) is 5.58. The lowest BCUT2D eigenvalue weighted by Gasteiger charge is -2.19. The van der Waals surface area contributed by atoms with Crippen molar-refractivity contribution in [3.8, 4) is 0 Å². The summed E-state index contributed by atoms with van der Waals surface area (Å²) in [5, 5.41) is 3.63. The predicted molar refractivity (Wildman–Crippen MR) is 72.5 cm³/mol. The van der Waals surface area contributed by atoms with E-state index in [1.165, 1.54) is 19.9 Å². The first-order chi connectivity index (χ1) is 8.87. The molecule has 0 saturated heterocycles. The summed E-state index contributed by atoms with van der Waals surface area (Å²) < 4.78 is 32.5. The van der Waals surface area contributed by atoms with E-state index in [9.17, 15) is 8.78 Å². The van der Waals surface area contributed by atoms with Crippen LogP contribution >= 0.6 is 0 Å². The fraction of sp³-hybridized carbons (Fsp3) is 0.467. The van der Waals surface area contributed by atoms with E-state index in [1.807, 2.05) is 6.92 Å². The fourth-order valence-corrected chi connectivity index (χ4v) is 2.08. The Hall–Kier alpha value is -1.42. The van der Waals surface area contributed by atoms with Crippen molar-refractivity contribution in [1.29, 1.82) is 0 Å². The lowest BCUT2D eigenvalue weighted by molar-refractivity contribution is 0.204. The molecule has 104 valence electrons. The van der Waals surface area contributed by atoms with Crippen LogP contribution < -0.4 is 5.32 Å². The third kappa shape index (κ3) is 3.53. The van der Waals surface area contributed by atoms with Gasteiger partial charge in [0.25, 0.3) is 0 Å². The zero-order valence-corrected chi connectivity index (χ0v) is 11.5. The van der Waals surface area contributed by atoms with E-state index in [0.29, 0.717) is 17.4 Å². The maximum absolute atomic E-state index is 13.8. The Bertz CT molecular complexity index is 557. The van der Waals surface area contributed by atoms with Gasteiger partial charge in [-0.1, -0.05) is 6.07 Å². The van der Waals surface area contributed by atoms with Gasteiger partial charge >= 0.3 is 0 Å². The Morgan fingerprint density at radius 1 is 1.37 bits per heavy atom. The molecule has 0 amide bonds. The van der Waals surface area contributed by atoms with Gasteiger partial charge in [-0.15, -0.1) is 0 Å². The van der Waals surface area contributed by atoms with Crippen molar-refractivity contribution in [1.82, 2.24) is 5.32 Å². The summed E-state index contributed by atoms with van der Waals surface area (Å²) in [7, 11) is 0. The first-order valence-corrected chi connectivity index (χ1v) is 6.44. The summed E-state index contributed by atoms with van der Waals surface area (Å²) in [4.78, 5) is 0. The normalized spacial score (nSPS) is 13.9. The molecule has 0 saturated carbocycles. The van der Waals surface area contributed by atoms with Crippen LogP contribution in [-0.2, 0) is 6.42 Å². The standard InChI is InChI=1S/C15H19F2NO/c1-10(18-9-15(2,3)17)7-11-8-19-13-6-4-5-12(16)14(11)13/h4-6,8,10,18H,7,9H2,1-3H3. The summed E-state index contributed by atoms with van der Waals surface area (Å²) >= 11 is 0. The van der Waals surface area contributed by atoms with E-state index >= 15 is 0 Å². The first kappa shape index (κ1) is 14.0. The number of hydrogen-bond donors (Lipinski definition) is 1. The largest absolute Gasteiger partial charge is 0.464 e. The van der Waals surface area contributed by atoms with Crippen LogP contribution in [0.3, 0.4) is 0 Å². The molecule has 4 heteroatoms. The van der Waals surface area contributed by atoms with Crippen molar-refractivity contribution < 1.29 is 13.2 Å². The van der Waals surface area contributed by atoms with Crippen molar-refractivity contribution in [2.24, 2.45) is 0 Å². The molecule has 2 nitrogen and oxygen atoms in total. The predicted octanol–water partition coefficient (Wildman–Crippen LogP) is 3.84. The number of benzene rings is 1. The summed E-state index contributed by atoms with van der Waals surface area (Å²) in [6.45, 7) is 5.27. The number of fused-ring (bicyclic) bond motifs is 1. The van der Waals surface area contributed by atoms with Crippen LogP contribution in [0.4, 0.5) is 8.78 Å². The minimum atomic E-state index is -1.25. The number of nitrogens with one attached hydrogen (secondary N) is 1. The number of alkyl halides is 1. The van der Waals surface area contributed by atoms with Gasteiger partial charge in [0.05, 0.1) is 11.6 Å². The molecule has 0 fully saturated rings. The second kappa shape index (κ2) is 5.29. The topological polar surface area (TPSA) is 25.2 Å². The highest BCUT2D eigenvalue weighted by molar-refractivity contribution is 5.81. The Labute approximate surface area is 111 Å². The molecule has 0 bridgehead atoms. The van der Waals surface area contributed by atoms with Gasteiger partial charge in [0, 0.05) is 18.2 Å². The zero-order chi connectivity index (χ0) is 14.0. The number of halogens is 2. The molecule has 1 atom stereocenters. The highest BCUT2D eigenvalue weighted by atomic mass is 19.1. The first-order valence-electron chi connectivity index (χ1n) is 6.44. The summed E-state index contributed by atoms with van der Waals surface area (Å²) in [6, 6.07) is 4.84. The van der Waals surface area contributed by atoms with Crippen LogP contribution in [0.5, 0.6) is 0 Å². The highest BCUT2D eigenvalue weighted by Crippen LogP contribution is 2.25. The minimum absolute atomic E-state index is 0.0513. The van der Waals surface area contributed by atoms with E-state index in [0.717, 1.165) is 5.56 Å². The Morgan fingerprint density at radius 2 is 2.11 bits per heavy atom. The molecule has 1 unspecified atom stereocenters. The quantitative estimate of drug-likeness (QED) is 0.890. The average Bonchev–Trinajstić information content (AvgIpc) is 2.70. The number of hydrogen-bond acceptors (Lipinski definition) is 2. The van der Waals surface area contributed by atoms with Gasteiger partial charge in [-0.05, 0) is 39.3 Å². The van der Waals surface area contributed by atoms with Crippen LogP contribution in [0, 0.1) is 5.82 Å². The Balaban J connectivity index is 2.09. The molecule has 0 aliphatic carbocycles. The van der Waals surface area contributed by atoms with E-state index in [4.69, 9.17) is 4.42 Å². The lowest BCUT2D eigenvalue weighted by atomic mass is 10.0. The van der Waals surface area contributed by atoms with Gasteiger partial charge < -0.3 is 9.73 Å². The third-order valence-corrected chi connectivity index (χ3v) is 3.02. The van der Waals surface area contributed by atoms with Crippen molar-refractivity contribution >= 4 is 11.0 Å². The SMILES string of the molecule is CC(Cc1coc2cccc(F)c12)NCC(C)(C)F. The molecule has 0 aliphatic rings. The molecule has 1 N–H and O–H groups in total. The van der Waals surface area contributed by atoms with Gasteiger partial charge in [-0.25, -0.2) is 8.78 Å². The smallest absolute Gasteiger partial charge is 0.137 e. The zero-order valence-electron chi connectivity index (χ0n) is 11.5. The van der Waals surface area contributed by atoms with Crippen molar-refractivity contribution in [3.05, 3.63) is 35.8 Å². The van der Waals surface area contributed by atoms with Gasteiger partial charge in [0.1, 0.15) is 17.1 Å². The molecule has 0 radical (unpaired) electrons. The monoisotopic (exact) mass is 267 g/mol. The Kier molecular flexibility index (Phi) is 3.90. The van der Waals surface area contributed by atoms with Crippen LogP contribution in [-0.4, -0.2) is 18.3 Å². The van der Waals surface area contributed by atoms with E-state index in [-0.39, 0.29) is 18.4 Å². The molecule has 2 aromatic rings. The van der Waals surface area contributed by atoms with Gasteiger partial charge in [-0.3, -0.25) is 0 Å². The lowest BCUT2D eigenvalue weighted by Crippen LogP contribution is -2.37. The van der Waals surface area contributed by atoms with Crippen LogP contribution in [0.15, 0.2) is 28.9 Å². The number of furan rings is 1. The summed E-state index contributed by atoms with van der Waals surface area (Å²) in [6.07, 6.45) is 2.18.